The molecule has 1 saturated heterocycles. The zero-order valence-electron chi connectivity index (χ0n) is 16.4. The number of nitrogens with zero attached hydrogens (tertiary/aromatic N) is 1. The van der Waals surface area contributed by atoms with E-state index in [0.29, 0.717) is 18.6 Å². The zero-order chi connectivity index (χ0) is 21.1. The fraction of sp³-hybridized carbons (Fsp3) is 0.348. The topological polar surface area (TPSA) is 92.0 Å². The highest BCUT2D eigenvalue weighted by molar-refractivity contribution is 6.01. The van der Waals surface area contributed by atoms with Crippen LogP contribution in [0.2, 0.25) is 0 Å². The molecule has 1 fully saturated rings. The summed E-state index contributed by atoms with van der Waals surface area (Å²) in [4.78, 5) is 4.80. The van der Waals surface area contributed by atoms with E-state index in [2.05, 4.69) is 0 Å². The van der Waals surface area contributed by atoms with Crippen molar-refractivity contribution in [3.8, 4) is 22.8 Å². The Morgan fingerprint density at radius 3 is 2.40 bits per heavy atom. The molecule has 0 bridgehead atoms. The van der Waals surface area contributed by atoms with E-state index in [9.17, 15) is 19.7 Å². The number of aliphatic hydroxyl groups excluding tert-OH is 2. The standard InChI is InChI=1S/C23H24FNO5/c24-16-3-1-14(2-4-16)21-19-6-5-17(28)11-20(19)23(30-18(12-26)13-27)25-22(21)15-7-9-29-10-8-15/h1-6,11,15,18,26-28H,7-10,12-13H2. The lowest BCUT2D eigenvalue weighted by molar-refractivity contribution is 0.0601. The number of hydrogen-bond acceptors (Lipinski definition) is 6. The Kier molecular flexibility index (Phi) is 6.13. The number of pyridine rings is 1. The van der Waals surface area contributed by atoms with E-state index in [1.807, 2.05) is 0 Å². The van der Waals surface area contributed by atoms with Gasteiger partial charge in [0.15, 0.2) is 0 Å². The highest BCUT2D eigenvalue weighted by atomic mass is 19.1. The van der Waals surface area contributed by atoms with Gasteiger partial charge in [-0.3, -0.25) is 0 Å². The van der Waals surface area contributed by atoms with Gasteiger partial charge < -0.3 is 24.8 Å². The van der Waals surface area contributed by atoms with Crippen LogP contribution in [0.15, 0.2) is 42.5 Å². The highest BCUT2D eigenvalue weighted by Crippen LogP contribution is 2.42. The smallest absolute Gasteiger partial charge is 0.222 e. The zero-order valence-corrected chi connectivity index (χ0v) is 16.4. The van der Waals surface area contributed by atoms with E-state index in [4.69, 9.17) is 14.5 Å². The van der Waals surface area contributed by atoms with E-state index in [1.165, 1.54) is 12.1 Å². The Morgan fingerprint density at radius 1 is 1.03 bits per heavy atom. The molecule has 3 aromatic rings. The summed E-state index contributed by atoms with van der Waals surface area (Å²) < 4.78 is 24.9. The Balaban J connectivity index is 1.97. The molecule has 0 aliphatic carbocycles. The number of halogens is 1. The molecule has 0 radical (unpaired) electrons. The summed E-state index contributed by atoms with van der Waals surface area (Å²) in [6.45, 7) is 0.499. The Morgan fingerprint density at radius 2 is 1.73 bits per heavy atom. The maximum absolute atomic E-state index is 13.6. The van der Waals surface area contributed by atoms with Gasteiger partial charge in [-0.1, -0.05) is 12.1 Å². The number of ether oxygens (including phenoxy) is 2. The van der Waals surface area contributed by atoms with Crippen molar-refractivity contribution in [3.05, 3.63) is 54.0 Å². The van der Waals surface area contributed by atoms with Crippen LogP contribution in [0.25, 0.3) is 21.9 Å². The minimum absolute atomic E-state index is 0.0440. The van der Waals surface area contributed by atoms with Crippen molar-refractivity contribution in [3.63, 3.8) is 0 Å². The highest BCUT2D eigenvalue weighted by Gasteiger charge is 2.26. The lowest BCUT2D eigenvalue weighted by atomic mass is 9.87. The monoisotopic (exact) mass is 413 g/mol. The van der Waals surface area contributed by atoms with Crippen molar-refractivity contribution in [2.24, 2.45) is 0 Å². The number of aliphatic hydroxyl groups is 2. The van der Waals surface area contributed by atoms with Crippen molar-refractivity contribution in [1.82, 2.24) is 4.98 Å². The van der Waals surface area contributed by atoms with Crippen LogP contribution in [0.1, 0.15) is 24.5 Å². The molecule has 0 atom stereocenters. The average Bonchev–Trinajstić information content (AvgIpc) is 2.78. The summed E-state index contributed by atoms with van der Waals surface area (Å²) >= 11 is 0. The summed E-state index contributed by atoms with van der Waals surface area (Å²) in [7, 11) is 0. The molecule has 0 saturated carbocycles. The van der Waals surface area contributed by atoms with E-state index in [0.717, 1.165) is 35.0 Å². The molecule has 1 aliphatic heterocycles. The van der Waals surface area contributed by atoms with Crippen molar-refractivity contribution in [1.29, 1.82) is 0 Å². The second kappa shape index (κ2) is 8.95. The second-order valence-corrected chi connectivity index (χ2v) is 7.41. The predicted molar refractivity (Wildman–Crippen MR) is 110 cm³/mol. The number of benzene rings is 2. The van der Waals surface area contributed by atoms with Crippen LogP contribution >= 0.6 is 0 Å². The SMILES string of the molecule is OCC(CO)Oc1nc(C2CCOCC2)c(-c2ccc(F)cc2)c2ccc(O)cc12. The molecular weight excluding hydrogens is 389 g/mol. The lowest BCUT2D eigenvalue weighted by Crippen LogP contribution is -2.26. The number of phenolic OH excluding ortho intramolecular Hbond substituents is 1. The van der Waals surface area contributed by atoms with Crippen molar-refractivity contribution >= 4 is 10.8 Å². The van der Waals surface area contributed by atoms with Gasteiger partial charge in [0.25, 0.3) is 0 Å². The van der Waals surface area contributed by atoms with Crippen molar-refractivity contribution in [2.45, 2.75) is 24.9 Å². The molecule has 4 rings (SSSR count). The van der Waals surface area contributed by atoms with E-state index >= 15 is 0 Å². The Bertz CT molecular complexity index is 1010. The fourth-order valence-corrected chi connectivity index (χ4v) is 3.86. The van der Waals surface area contributed by atoms with Gasteiger partial charge in [-0.25, -0.2) is 9.37 Å². The number of phenols is 1. The van der Waals surface area contributed by atoms with Gasteiger partial charge in [0.1, 0.15) is 17.7 Å². The minimum Gasteiger partial charge on any atom is -0.508 e. The predicted octanol–water partition coefficient (Wildman–Crippen LogP) is 3.37. The first-order chi connectivity index (χ1) is 14.6. The Hall–Kier alpha value is -2.74. The number of fused-ring (bicyclic) bond motifs is 1. The molecule has 0 amide bonds. The summed E-state index contributed by atoms with van der Waals surface area (Å²) in [6.07, 6.45) is 0.739. The third-order valence-electron chi connectivity index (χ3n) is 5.41. The number of hydrogen-bond donors (Lipinski definition) is 3. The van der Waals surface area contributed by atoms with Crippen molar-refractivity contribution < 1.29 is 29.2 Å². The molecule has 0 unspecified atom stereocenters. The second-order valence-electron chi connectivity index (χ2n) is 7.41. The van der Waals surface area contributed by atoms with Gasteiger partial charge in [0.2, 0.25) is 5.88 Å². The van der Waals surface area contributed by atoms with Crippen LogP contribution in [-0.4, -0.2) is 52.8 Å². The summed E-state index contributed by atoms with van der Waals surface area (Å²) in [6, 6.07) is 11.2. The molecule has 1 aliphatic rings. The molecule has 6 nitrogen and oxygen atoms in total. The van der Waals surface area contributed by atoms with Crippen LogP contribution in [0.5, 0.6) is 11.6 Å². The van der Waals surface area contributed by atoms with E-state index in [-0.39, 0.29) is 36.6 Å². The van der Waals surface area contributed by atoms with E-state index in [1.54, 1.807) is 30.3 Å². The Labute approximate surface area is 173 Å². The van der Waals surface area contributed by atoms with E-state index < -0.39 is 6.10 Å². The minimum atomic E-state index is -0.831. The van der Waals surface area contributed by atoms with Crippen LogP contribution in [0, 0.1) is 5.82 Å². The molecule has 7 heteroatoms. The molecule has 2 heterocycles. The summed E-state index contributed by atoms with van der Waals surface area (Å²) in [5.74, 6) is 0.0694. The van der Waals surface area contributed by atoms with Gasteiger partial charge in [0, 0.05) is 30.1 Å². The third kappa shape index (κ3) is 4.09. The van der Waals surface area contributed by atoms with Crippen LogP contribution in [-0.2, 0) is 4.74 Å². The molecular formula is C23H24FNO5. The quantitative estimate of drug-likeness (QED) is 0.574. The van der Waals surface area contributed by atoms with Gasteiger partial charge in [-0.05, 0) is 54.1 Å². The fourth-order valence-electron chi connectivity index (χ4n) is 3.86. The number of rotatable bonds is 6. The maximum atomic E-state index is 13.6. The van der Waals surface area contributed by atoms with Crippen LogP contribution in [0.4, 0.5) is 4.39 Å². The molecule has 158 valence electrons. The van der Waals surface area contributed by atoms with Crippen LogP contribution < -0.4 is 4.74 Å². The molecule has 30 heavy (non-hydrogen) atoms. The largest absolute Gasteiger partial charge is 0.508 e. The first-order valence-electron chi connectivity index (χ1n) is 9.99. The summed E-state index contributed by atoms with van der Waals surface area (Å²) in [5, 5.41) is 30.4. The third-order valence-corrected chi connectivity index (χ3v) is 5.41. The molecule has 2 aromatic carbocycles. The number of aromatic nitrogens is 1. The molecule has 0 spiro atoms. The summed E-state index contributed by atoms with van der Waals surface area (Å²) in [5.41, 5.74) is 2.47. The van der Waals surface area contributed by atoms with Gasteiger partial charge in [-0.15, -0.1) is 0 Å². The lowest BCUT2D eigenvalue weighted by Gasteiger charge is -2.26. The molecule has 1 aromatic heterocycles. The first kappa shape index (κ1) is 20.5. The average molecular weight is 413 g/mol. The first-order valence-corrected chi connectivity index (χ1v) is 9.99. The number of aromatic hydroxyl groups is 1. The van der Waals surface area contributed by atoms with Crippen LogP contribution in [0.3, 0.4) is 0 Å². The molecule has 3 N–H and O–H groups in total. The van der Waals surface area contributed by atoms with Gasteiger partial charge >= 0.3 is 0 Å². The van der Waals surface area contributed by atoms with Gasteiger partial charge in [-0.2, -0.15) is 0 Å². The van der Waals surface area contributed by atoms with Crippen molar-refractivity contribution in [2.75, 3.05) is 26.4 Å². The van der Waals surface area contributed by atoms with Gasteiger partial charge in [0.05, 0.1) is 18.9 Å². The maximum Gasteiger partial charge on any atom is 0.222 e. The normalized spacial score (nSPS) is 15.1.